The minimum Gasteiger partial charge on any atom is -0.298 e. The lowest BCUT2D eigenvalue weighted by molar-refractivity contribution is -0.105. The lowest BCUT2D eigenvalue weighted by atomic mass is 10.1. The Labute approximate surface area is 63.1 Å². The van der Waals surface area contributed by atoms with Crippen LogP contribution in [0.5, 0.6) is 0 Å². The molecule has 0 aliphatic heterocycles. The number of carbonyl (C=O) groups excluding carboxylic acids is 1. The summed E-state index contributed by atoms with van der Waals surface area (Å²) < 4.78 is 0. The molecule has 0 amide bonds. The quantitative estimate of drug-likeness (QED) is 0.433. The molecule has 0 aromatic carbocycles. The zero-order valence-corrected chi connectivity index (χ0v) is 7.05. The molecular weight excluding hydrogens is 124 g/mol. The van der Waals surface area contributed by atoms with Crippen molar-refractivity contribution in [2.24, 2.45) is 5.92 Å². The SMILES string of the molecule is CCCC(C=O)=CC(C)C. The second-order valence-corrected chi connectivity index (χ2v) is 2.85. The summed E-state index contributed by atoms with van der Waals surface area (Å²) in [6.45, 7) is 6.25. The maximum absolute atomic E-state index is 10.4. The van der Waals surface area contributed by atoms with Gasteiger partial charge >= 0.3 is 0 Å². The van der Waals surface area contributed by atoms with E-state index in [1.54, 1.807) is 0 Å². The topological polar surface area (TPSA) is 17.1 Å². The summed E-state index contributed by atoms with van der Waals surface area (Å²) in [7, 11) is 0. The van der Waals surface area contributed by atoms with Gasteiger partial charge in [-0.1, -0.05) is 33.3 Å². The van der Waals surface area contributed by atoms with E-state index in [2.05, 4.69) is 20.8 Å². The van der Waals surface area contributed by atoms with Crippen LogP contribution in [0.3, 0.4) is 0 Å². The van der Waals surface area contributed by atoms with Gasteiger partial charge in [0, 0.05) is 0 Å². The fraction of sp³-hybridized carbons (Fsp3) is 0.667. The molecule has 0 unspecified atom stereocenters. The van der Waals surface area contributed by atoms with Crippen molar-refractivity contribution < 1.29 is 4.79 Å². The Morgan fingerprint density at radius 3 is 2.40 bits per heavy atom. The van der Waals surface area contributed by atoms with E-state index in [9.17, 15) is 4.79 Å². The number of aldehydes is 1. The second-order valence-electron chi connectivity index (χ2n) is 2.85. The molecule has 0 bridgehead atoms. The van der Waals surface area contributed by atoms with Gasteiger partial charge in [-0.2, -0.15) is 0 Å². The average Bonchev–Trinajstić information content (AvgIpc) is 1.86. The molecule has 0 radical (unpaired) electrons. The van der Waals surface area contributed by atoms with Gasteiger partial charge in [0.25, 0.3) is 0 Å². The van der Waals surface area contributed by atoms with E-state index >= 15 is 0 Å². The molecule has 1 nitrogen and oxygen atoms in total. The fourth-order valence-corrected chi connectivity index (χ4v) is 0.898. The zero-order chi connectivity index (χ0) is 7.98. The van der Waals surface area contributed by atoms with Crippen molar-refractivity contribution in [1.29, 1.82) is 0 Å². The van der Waals surface area contributed by atoms with Gasteiger partial charge < -0.3 is 0 Å². The summed E-state index contributed by atoms with van der Waals surface area (Å²) >= 11 is 0. The largest absolute Gasteiger partial charge is 0.298 e. The lowest BCUT2D eigenvalue weighted by Gasteiger charge is -1.98. The molecular formula is C9H16O. The van der Waals surface area contributed by atoms with Crippen LogP contribution in [0.2, 0.25) is 0 Å². The first-order valence-electron chi connectivity index (χ1n) is 3.86. The van der Waals surface area contributed by atoms with Crippen LogP contribution >= 0.6 is 0 Å². The number of carbonyl (C=O) groups is 1. The van der Waals surface area contributed by atoms with Gasteiger partial charge in [-0.05, 0) is 17.9 Å². The highest BCUT2D eigenvalue weighted by Crippen LogP contribution is 2.05. The molecule has 58 valence electrons. The van der Waals surface area contributed by atoms with Crippen LogP contribution in [0.15, 0.2) is 11.6 Å². The molecule has 0 aliphatic rings. The highest BCUT2D eigenvalue weighted by molar-refractivity contribution is 5.72. The van der Waals surface area contributed by atoms with E-state index in [0.717, 1.165) is 24.7 Å². The molecule has 0 N–H and O–H groups in total. The molecule has 0 rings (SSSR count). The van der Waals surface area contributed by atoms with Gasteiger partial charge in [0.1, 0.15) is 6.29 Å². The Hall–Kier alpha value is -0.590. The fourth-order valence-electron chi connectivity index (χ4n) is 0.898. The van der Waals surface area contributed by atoms with Crippen LogP contribution in [0.1, 0.15) is 33.6 Å². The molecule has 0 saturated carbocycles. The van der Waals surface area contributed by atoms with Crippen LogP contribution in [-0.4, -0.2) is 6.29 Å². The number of allylic oxidation sites excluding steroid dienone is 2. The van der Waals surface area contributed by atoms with Crippen LogP contribution in [0, 0.1) is 5.92 Å². The Kier molecular flexibility index (Phi) is 4.91. The van der Waals surface area contributed by atoms with E-state index in [1.165, 1.54) is 0 Å². The minimum absolute atomic E-state index is 0.492. The molecule has 0 fully saturated rings. The minimum atomic E-state index is 0.492. The van der Waals surface area contributed by atoms with Crippen LogP contribution < -0.4 is 0 Å². The maximum atomic E-state index is 10.4. The van der Waals surface area contributed by atoms with Gasteiger partial charge in [-0.25, -0.2) is 0 Å². The van der Waals surface area contributed by atoms with Gasteiger partial charge in [-0.15, -0.1) is 0 Å². The van der Waals surface area contributed by atoms with Crippen molar-refractivity contribution in [1.82, 2.24) is 0 Å². The molecule has 0 spiro atoms. The van der Waals surface area contributed by atoms with Crippen molar-refractivity contribution in [2.45, 2.75) is 33.6 Å². The van der Waals surface area contributed by atoms with Crippen molar-refractivity contribution in [3.05, 3.63) is 11.6 Å². The lowest BCUT2D eigenvalue weighted by Crippen LogP contribution is -1.88. The smallest absolute Gasteiger partial charge is 0.145 e. The molecule has 0 aromatic rings. The standard InChI is InChI=1S/C9H16O/c1-4-5-9(7-10)6-8(2)3/h6-8H,4-5H2,1-3H3. The Balaban J connectivity index is 3.90. The summed E-state index contributed by atoms with van der Waals surface area (Å²) in [5.74, 6) is 0.492. The third kappa shape index (κ3) is 4.30. The summed E-state index contributed by atoms with van der Waals surface area (Å²) in [6.07, 6.45) is 4.96. The van der Waals surface area contributed by atoms with Gasteiger partial charge in [0.2, 0.25) is 0 Å². The normalized spacial score (nSPS) is 12.2. The average molecular weight is 140 g/mol. The predicted molar refractivity (Wildman–Crippen MR) is 43.9 cm³/mol. The van der Waals surface area contributed by atoms with Crippen LogP contribution in [0.4, 0.5) is 0 Å². The van der Waals surface area contributed by atoms with Gasteiger partial charge in [0.15, 0.2) is 0 Å². The van der Waals surface area contributed by atoms with E-state index in [4.69, 9.17) is 0 Å². The first kappa shape index (κ1) is 9.41. The Morgan fingerprint density at radius 2 is 2.10 bits per heavy atom. The van der Waals surface area contributed by atoms with Crippen molar-refractivity contribution in [3.63, 3.8) is 0 Å². The predicted octanol–water partition coefficient (Wildman–Crippen LogP) is 2.57. The van der Waals surface area contributed by atoms with E-state index < -0.39 is 0 Å². The van der Waals surface area contributed by atoms with Crippen molar-refractivity contribution >= 4 is 6.29 Å². The van der Waals surface area contributed by atoms with E-state index in [1.807, 2.05) is 6.08 Å². The monoisotopic (exact) mass is 140 g/mol. The molecule has 0 aromatic heterocycles. The van der Waals surface area contributed by atoms with Crippen molar-refractivity contribution in [2.75, 3.05) is 0 Å². The van der Waals surface area contributed by atoms with Gasteiger partial charge in [0.05, 0.1) is 0 Å². The Bertz CT molecular complexity index is 123. The molecule has 10 heavy (non-hydrogen) atoms. The molecule has 0 heterocycles. The number of hydrogen-bond acceptors (Lipinski definition) is 1. The zero-order valence-electron chi connectivity index (χ0n) is 7.05. The third-order valence-corrected chi connectivity index (χ3v) is 1.24. The summed E-state index contributed by atoms with van der Waals surface area (Å²) in [4.78, 5) is 10.4. The number of hydrogen-bond donors (Lipinski definition) is 0. The van der Waals surface area contributed by atoms with E-state index in [0.29, 0.717) is 5.92 Å². The molecule has 0 atom stereocenters. The summed E-state index contributed by atoms with van der Waals surface area (Å²) in [5, 5.41) is 0. The maximum Gasteiger partial charge on any atom is 0.145 e. The van der Waals surface area contributed by atoms with Gasteiger partial charge in [-0.3, -0.25) is 4.79 Å². The highest BCUT2D eigenvalue weighted by atomic mass is 16.1. The molecule has 0 saturated heterocycles. The Morgan fingerprint density at radius 1 is 1.50 bits per heavy atom. The highest BCUT2D eigenvalue weighted by Gasteiger charge is 1.94. The van der Waals surface area contributed by atoms with Crippen molar-refractivity contribution in [3.8, 4) is 0 Å². The number of rotatable bonds is 4. The first-order valence-corrected chi connectivity index (χ1v) is 3.86. The first-order chi connectivity index (χ1) is 4.70. The summed E-state index contributed by atoms with van der Waals surface area (Å²) in [6, 6.07) is 0. The second kappa shape index (κ2) is 5.21. The van der Waals surface area contributed by atoms with E-state index in [-0.39, 0.29) is 0 Å². The molecule has 1 heteroatoms. The van der Waals surface area contributed by atoms with Crippen LogP contribution in [-0.2, 0) is 4.79 Å². The third-order valence-electron chi connectivity index (χ3n) is 1.24. The molecule has 0 aliphatic carbocycles. The van der Waals surface area contributed by atoms with Crippen LogP contribution in [0.25, 0.3) is 0 Å². The summed E-state index contributed by atoms with van der Waals surface area (Å²) in [5.41, 5.74) is 0.942.